The van der Waals surface area contributed by atoms with Gasteiger partial charge in [0.05, 0.1) is 17.8 Å². The number of hydrogen-bond acceptors (Lipinski definition) is 11. The van der Waals surface area contributed by atoms with Crippen LogP contribution >= 0.6 is 0 Å². The number of aliphatic hydroxyl groups is 4. The second-order valence-electron chi connectivity index (χ2n) is 19.5. The van der Waals surface area contributed by atoms with Crippen LogP contribution in [0.4, 0.5) is 0 Å². The number of carbonyl (C=O) groups is 2. The molecule has 11 heteroatoms. The van der Waals surface area contributed by atoms with Gasteiger partial charge < -0.3 is 44.1 Å². The maximum atomic E-state index is 12.3. The minimum absolute atomic E-state index is 0.0185. The van der Waals surface area contributed by atoms with Crippen LogP contribution in [0.15, 0.2) is 0 Å². The maximum absolute atomic E-state index is 12.3. The molecule has 0 aromatic rings. The summed E-state index contributed by atoms with van der Waals surface area (Å²) in [5.41, 5.74) is -1.01. The Kier molecular flexibility index (Phi) is 9.18. The SMILES string of the molecule is CC(=O)OCC1OC(OC2CC3C(C)(C)C(OC(C)=O)CCC3(C)C3CCC45CC4(CCC5C(C)CC4OC(C)(C)C4O)C23C)C(O)C(O)C1O. The highest BCUT2D eigenvalue weighted by Gasteiger charge is 2.85. The van der Waals surface area contributed by atoms with Crippen molar-refractivity contribution in [1.82, 2.24) is 0 Å². The van der Waals surface area contributed by atoms with Crippen molar-refractivity contribution in [2.75, 3.05) is 6.61 Å². The van der Waals surface area contributed by atoms with Crippen LogP contribution < -0.4 is 0 Å². The van der Waals surface area contributed by atoms with Gasteiger partial charge in [0.2, 0.25) is 0 Å². The lowest BCUT2D eigenvalue weighted by atomic mass is 9.37. The molecular weight excluding hydrogens is 656 g/mol. The molecule has 4 N–H and O–H groups in total. The quantitative estimate of drug-likeness (QED) is 0.209. The molecule has 290 valence electrons. The zero-order chi connectivity index (χ0) is 37.3. The van der Waals surface area contributed by atoms with Gasteiger partial charge in [-0.05, 0) is 112 Å². The molecule has 0 amide bonds. The van der Waals surface area contributed by atoms with Crippen LogP contribution in [0, 0.1) is 50.7 Å². The van der Waals surface area contributed by atoms with Gasteiger partial charge in [0.25, 0.3) is 0 Å². The molecule has 5 saturated carbocycles. The van der Waals surface area contributed by atoms with Crippen LogP contribution in [0.5, 0.6) is 0 Å². The summed E-state index contributed by atoms with van der Waals surface area (Å²) in [7, 11) is 0. The van der Waals surface area contributed by atoms with Gasteiger partial charge in [0.15, 0.2) is 6.29 Å². The van der Waals surface area contributed by atoms with Gasteiger partial charge in [0, 0.05) is 24.7 Å². The first-order valence-corrected chi connectivity index (χ1v) is 19.7. The first-order chi connectivity index (χ1) is 23.7. The predicted molar refractivity (Wildman–Crippen MR) is 185 cm³/mol. The van der Waals surface area contributed by atoms with Crippen molar-refractivity contribution in [1.29, 1.82) is 0 Å². The minimum atomic E-state index is -1.54. The molecule has 0 bridgehead atoms. The van der Waals surface area contributed by atoms with Crippen molar-refractivity contribution in [2.24, 2.45) is 50.7 Å². The third-order valence-electron chi connectivity index (χ3n) is 16.6. The van der Waals surface area contributed by atoms with E-state index in [0.717, 1.165) is 51.4 Å². The Balaban J connectivity index is 1.23. The molecule has 17 atom stereocenters. The van der Waals surface area contributed by atoms with Crippen LogP contribution in [0.2, 0.25) is 0 Å². The zero-order valence-electron chi connectivity index (χ0n) is 32.2. The molecule has 2 heterocycles. The van der Waals surface area contributed by atoms with Crippen molar-refractivity contribution < 1.29 is 53.7 Å². The molecule has 7 rings (SSSR count). The molecule has 0 aromatic heterocycles. The Morgan fingerprint density at radius 2 is 1.53 bits per heavy atom. The highest BCUT2D eigenvalue weighted by Crippen LogP contribution is 2.91. The van der Waals surface area contributed by atoms with Crippen molar-refractivity contribution in [2.45, 2.75) is 181 Å². The van der Waals surface area contributed by atoms with Crippen molar-refractivity contribution in [3.63, 3.8) is 0 Å². The van der Waals surface area contributed by atoms with Gasteiger partial charge in [0.1, 0.15) is 43.2 Å². The molecule has 51 heavy (non-hydrogen) atoms. The molecule has 0 spiro atoms. The molecule has 17 unspecified atom stereocenters. The van der Waals surface area contributed by atoms with Crippen LogP contribution in [-0.2, 0) is 33.3 Å². The van der Waals surface area contributed by atoms with Crippen LogP contribution in [0.1, 0.15) is 120 Å². The monoisotopic (exact) mass is 720 g/mol. The first kappa shape index (κ1) is 38.0. The third-order valence-corrected chi connectivity index (χ3v) is 16.6. The molecule has 0 radical (unpaired) electrons. The number of aliphatic hydroxyl groups excluding tert-OH is 4. The van der Waals surface area contributed by atoms with E-state index in [1.165, 1.54) is 13.8 Å². The number of hydrogen-bond donors (Lipinski definition) is 4. The molecule has 7 aliphatic rings. The Labute approximate surface area is 303 Å². The minimum Gasteiger partial charge on any atom is -0.463 e. The van der Waals surface area contributed by atoms with Gasteiger partial charge in [-0.1, -0.05) is 34.6 Å². The summed E-state index contributed by atoms with van der Waals surface area (Å²) in [4.78, 5) is 23.9. The van der Waals surface area contributed by atoms with E-state index in [1.54, 1.807) is 0 Å². The van der Waals surface area contributed by atoms with E-state index in [9.17, 15) is 30.0 Å². The molecular formula is C40H64O11. The average molecular weight is 721 g/mol. The predicted octanol–water partition coefficient (Wildman–Crippen LogP) is 4.29. The van der Waals surface area contributed by atoms with Gasteiger partial charge in [-0.15, -0.1) is 0 Å². The lowest BCUT2D eigenvalue weighted by molar-refractivity contribution is -0.344. The van der Waals surface area contributed by atoms with Crippen molar-refractivity contribution >= 4 is 11.9 Å². The summed E-state index contributed by atoms with van der Waals surface area (Å²) in [6.07, 6.45) is 0.756. The summed E-state index contributed by atoms with van der Waals surface area (Å²) in [6, 6.07) is 0. The number of fused-ring (bicyclic) bond motifs is 3. The van der Waals surface area contributed by atoms with E-state index < -0.39 is 48.4 Å². The number of esters is 2. The smallest absolute Gasteiger partial charge is 0.302 e. The molecule has 2 saturated heterocycles. The van der Waals surface area contributed by atoms with Crippen molar-refractivity contribution in [3.8, 4) is 0 Å². The van der Waals surface area contributed by atoms with Gasteiger partial charge >= 0.3 is 11.9 Å². The molecule has 5 aliphatic carbocycles. The lowest BCUT2D eigenvalue weighted by Gasteiger charge is -2.69. The lowest BCUT2D eigenvalue weighted by Crippen LogP contribution is -2.68. The van der Waals surface area contributed by atoms with E-state index in [0.29, 0.717) is 24.2 Å². The zero-order valence-corrected chi connectivity index (χ0v) is 32.2. The van der Waals surface area contributed by atoms with E-state index in [4.69, 9.17) is 23.7 Å². The molecule has 11 nitrogen and oxygen atoms in total. The molecule has 2 aliphatic heterocycles. The Bertz CT molecular complexity index is 1380. The third kappa shape index (κ3) is 5.35. The second kappa shape index (κ2) is 12.3. The summed E-state index contributed by atoms with van der Waals surface area (Å²) in [5, 5.41) is 43.9. The standard InChI is InChI=1S/C40H64O11/c1-20(16-24-33(46)36(6,7)51-24)23-10-15-40-19-39(23,40)14-11-26-37(8)13-12-28(48-22(3)42)35(4,5)27(37)17-29(38(26,40)9)50-34-32(45)31(44)30(43)25(49-34)18-47-21(2)41/h20,23-34,43-46H,10-19H2,1-9H3. The summed E-state index contributed by atoms with van der Waals surface area (Å²) < 4.78 is 30.5. The van der Waals surface area contributed by atoms with E-state index >= 15 is 0 Å². The van der Waals surface area contributed by atoms with E-state index in [-0.39, 0.29) is 63.9 Å². The topological polar surface area (TPSA) is 161 Å². The fourth-order valence-corrected chi connectivity index (χ4v) is 14.2. The van der Waals surface area contributed by atoms with Gasteiger partial charge in [-0.25, -0.2) is 0 Å². The first-order valence-electron chi connectivity index (χ1n) is 19.7. The van der Waals surface area contributed by atoms with E-state index in [2.05, 4.69) is 34.6 Å². The normalized spacial score (nSPS) is 52.6. The summed E-state index contributed by atoms with van der Waals surface area (Å²) >= 11 is 0. The fraction of sp³-hybridized carbons (Fsp3) is 0.950. The summed E-state index contributed by atoms with van der Waals surface area (Å²) in [6.45, 7) is 18.0. The average Bonchev–Trinajstić information content (AvgIpc) is 3.62. The van der Waals surface area contributed by atoms with Gasteiger partial charge in [-0.2, -0.15) is 0 Å². The highest BCUT2D eigenvalue weighted by atomic mass is 16.7. The van der Waals surface area contributed by atoms with Gasteiger partial charge in [-0.3, -0.25) is 9.59 Å². The largest absolute Gasteiger partial charge is 0.463 e. The number of rotatable bonds is 8. The Morgan fingerprint density at radius 1 is 0.824 bits per heavy atom. The molecule has 7 fully saturated rings. The van der Waals surface area contributed by atoms with Crippen LogP contribution in [0.25, 0.3) is 0 Å². The Hall–Kier alpha value is -1.34. The highest BCUT2D eigenvalue weighted by molar-refractivity contribution is 5.66. The van der Waals surface area contributed by atoms with Crippen LogP contribution in [0.3, 0.4) is 0 Å². The van der Waals surface area contributed by atoms with Crippen molar-refractivity contribution in [3.05, 3.63) is 0 Å². The second-order valence-corrected chi connectivity index (χ2v) is 19.5. The summed E-state index contributed by atoms with van der Waals surface area (Å²) in [5.74, 6) is 0.506. The molecule has 0 aromatic carbocycles. The number of carbonyl (C=O) groups excluding carboxylic acids is 2. The fourth-order valence-electron chi connectivity index (χ4n) is 14.2. The Morgan fingerprint density at radius 3 is 2.16 bits per heavy atom. The van der Waals surface area contributed by atoms with Crippen LogP contribution in [-0.4, -0.2) is 99.7 Å². The maximum Gasteiger partial charge on any atom is 0.302 e. The number of ether oxygens (including phenoxy) is 5. The van der Waals surface area contributed by atoms with E-state index in [1.807, 2.05) is 13.8 Å².